The molecular formula is C23H31N3O4. The van der Waals surface area contributed by atoms with E-state index in [1.165, 1.54) is 11.8 Å². The molecule has 1 aromatic carbocycles. The quantitative estimate of drug-likeness (QED) is 0.695. The molecule has 162 valence electrons. The van der Waals surface area contributed by atoms with Crippen LogP contribution in [-0.2, 0) is 9.53 Å². The first kappa shape index (κ1) is 22.1. The third-order valence-electron chi connectivity index (χ3n) is 5.40. The largest absolute Gasteiger partial charge is 0.459 e. The fourth-order valence-corrected chi connectivity index (χ4v) is 3.60. The van der Waals surface area contributed by atoms with Crippen molar-refractivity contribution < 1.29 is 18.7 Å². The molecule has 1 aliphatic rings. The molecule has 30 heavy (non-hydrogen) atoms. The molecule has 2 aromatic rings. The molecule has 1 aliphatic heterocycles. The zero-order chi connectivity index (χ0) is 21.5. The highest BCUT2D eigenvalue weighted by Gasteiger charge is 2.28. The summed E-state index contributed by atoms with van der Waals surface area (Å²) in [6.07, 6.45) is 1.44. The summed E-state index contributed by atoms with van der Waals surface area (Å²) in [5.74, 6) is -0.461. The highest BCUT2D eigenvalue weighted by molar-refractivity contribution is 5.95. The smallest absolute Gasteiger partial charge is 0.287 e. The van der Waals surface area contributed by atoms with Gasteiger partial charge in [0.25, 0.3) is 5.91 Å². The molecule has 0 radical (unpaired) electrons. The Hall–Kier alpha value is -2.64. The molecule has 1 saturated heterocycles. The zero-order valence-corrected chi connectivity index (χ0v) is 17.9. The van der Waals surface area contributed by atoms with Crippen LogP contribution in [0.2, 0.25) is 0 Å². The average Bonchev–Trinajstić information content (AvgIpc) is 3.29. The number of benzene rings is 1. The Balaban J connectivity index is 1.68. The van der Waals surface area contributed by atoms with Crippen LogP contribution >= 0.6 is 0 Å². The van der Waals surface area contributed by atoms with Gasteiger partial charge in [-0.15, -0.1) is 0 Å². The van der Waals surface area contributed by atoms with Crippen LogP contribution in [0.4, 0.5) is 0 Å². The van der Waals surface area contributed by atoms with Crippen LogP contribution in [-0.4, -0.2) is 55.6 Å². The molecule has 3 rings (SSSR count). The lowest BCUT2D eigenvalue weighted by Crippen LogP contribution is -2.51. The summed E-state index contributed by atoms with van der Waals surface area (Å²) in [5, 5.41) is 5.85. The summed E-state index contributed by atoms with van der Waals surface area (Å²) in [4.78, 5) is 27.7. The molecule has 7 heteroatoms. The Labute approximate surface area is 177 Å². The Morgan fingerprint density at radius 2 is 1.80 bits per heavy atom. The Morgan fingerprint density at radius 1 is 1.10 bits per heavy atom. The fourth-order valence-electron chi connectivity index (χ4n) is 3.60. The van der Waals surface area contributed by atoms with Gasteiger partial charge in [-0.25, -0.2) is 0 Å². The maximum absolute atomic E-state index is 13.0. The molecule has 1 fully saturated rings. The third kappa shape index (κ3) is 5.70. The Kier molecular flexibility index (Phi) is 7.65. The lowest BCUT2D eigenvalue weighted by Gasteiger charge is -2.35. The van der Waals surface area contributed by atoms with E-state index in [1.807, 2.05) is 13.8 Å². The normalized spacial score (nSPS) is 16.8. The molecule has 2 unspecified atom stereocenters. The van der Waals surface area contributed by atoms with Crippen LogP contribution in [0.1, 0.15) is 41.6 Å². The number of ether oxygens (including phenoxy) is 1. The SMILES string of the molecule is Cc1ccc(C(CNC(=O)C(NC(=O)c2ccco2)C(C)C)N2CCOCC2)cc1. The average molecular weight is 414 g/mol. The van der Waals surface area contributed by atoms with Gasteiger partial charge in [0.15, 0.2) is 5.76 Å². The molecule has 2 N–H and O–H groups in total. The van der Waals surface area contributed by atoms with Crippen LogP contribution in [0.3, 0.4) is 0 Å². The van der Waals surface area contributed by atoms with E-state index in [1.54, 1.807) is 12.1 Å². The number of morpholine rings is 1. The van der Waals surface area contributed by atoms with Gasteiger partial charge in [-0.2, -0.15) is 0 Å². The van der Waals surface area contributed by atoms with Gasteiger partial charge in [-0.05, 0) is 30.5 Å². The Bertz CT molecular complexity index is 811. The number of hydrogen-bond acceptors (Lipinski definition) is 5. The topological polar surface area (TPSA) is 83.8 Å². The first-order valence-electron chi connectivity index (χ1n) is 10.5. The number of carbonyl (C=O) groups is 2. The van der Waals surface area contributed by atoms with Crippen molar-refractivity contribution in [2.75, 3.05) is 32.8 Å². The van der Waals surface area contributed by atoms with Gasteiger partial charge in [0.2, 0.25) is 5.91 Å². The number of furan rings is 1. The number of nitrogens with zero attached hydrogens (tertiary/aromatic N) is 1. The molecule has 0 saturated carbocycles. The Morgan fingerprint density at radius 3 is 2.40 bits per heavy atom. The van der Waals surface area contributed by atoms with E-state index in [4.69, 9.17) is 9.15 Å². The van der Waals surface area contributed by atoms with Crippen LogP contribution in [0.5, 0.6) is 0 Å². The summed E-state index contributed by atoms with van der Waals surface area (Å²) in [6.45, 7) is 9.34. The van der Waals surface area contributed by atoms with E-state index in [0.29, 0.717) is 19.8 Å². The first-order chi connectivity index (χ1) is 14.5. The number of hydrogen-bond donors (Lipinski definition) is 2. The van der Waals surface area contributed by atoms with Crippen molar-refractivity contribution in [3.63, 3.8) is 0 Å². The van der Waals surface area contributed by atoms with E-state index in [2.05, 4.69) is 46.7 Å². The van der Waals surface area contributed by atoms with Gasteiger partial charge in [-0.3, -0.25) is 14.5 Å². The minimum absolute atomic E-state index is 0.0482. The summed E-state index contributed by atoms with van der Waals surface area (Å²) in [7, 11) is 0. The second-order valence-electron chi connectivity index (χ2n) is 7.99. The van der Waals surface area contributed by atoms with E-state index in [-0.39, 0.29) is 23.6 Å². The molecule has 0 aliphatic carbocycles. The maximum atomic E-state index is 13.0. The standard InChI is InChI=1S/C23H31N3O4/c1-16(2)21(25-22(27)20-5-4-12-30-20)23(28)24-15-19(26-10-13-29-14-11-26)18-8-6-17(3)7-9-18/h4-9,12,16,19,21H,10-11,13-15H2,1-3H3,(H,24,28)(H,25,27). The predicted molar refractivity (Wildman–Crippen MR) is 114 cm³/mol. The van der Waals surface area contributed by atoms with Crippen LogP contribution in [0.15, 0.2) is 47.1 Å². The van der Waals surface area contributed by atoms with Gasteiger partial charge in [0.05, 0.1) is 25.5 Å². The molecule has 1 aromatic heterocycles. The molecular weight excluding hydrogens is 382 g/mol. The number of carbonyl (C=O) groups excluding carboxylic acids is 2. The number of aryl methyl sites for hydroxylation is 1. The molecule has 0 spiro atoms. The van der Waals surface area contributed by atoms with Gasteiger partial charge in [0.1, 0.15) is 6.04 Å². The van der Waals surface area contributed by atoms with Crippen LogP contribution in [0.25, 0.3) is 0 Å². The van der Waals surface area contributed by atoms with Crippen LogP contribution in [0, 0.1) is 12.8 Å². The molecule has 7 nitrogen and oxygen atoms in total. The van der Waals surface area contributed by atoms with Crippen LogP contribution < -0.4 is 10.6 Å². The molecule has 2 heterocycles. The fraction of sp³-hybridized carbons (Fsp3) is 0.478. The van der Waals surface area contributed by atoms with Gasteiger partial charge < -0.3 is 19.8 Å². The number of rotatable bonds is 8. The lowest BCUT2D eigenvalue weighted by molar-refractivity contribution is -0.124. The minimum atomic E-state index is -0.647. The first-order valence-corrected chi connectivity index (χ1v) is 10.5. The van der Waals surface area contributed by atoms with E-state index in [0.717, 1.165) is 18.7 Å². The van der Waals surface area contributed by atoms with E-state index in [9.17, 15) is 9.59 Å². The van der Waals surface area contributed by atoms with Crippen molar-refractivity contribution in [3.8, 4) is 0 Å². The van der Waals surface area contributed by atoms with Crippen molar-refractivity contribution in [3.05, 3.63) is 59.5 Å². The lowest BCUT2D eigenvalue weighted by atomic mass is 10.0. The van der Waals surface area contributed by atoms with Crippen molar-refractivity contribution in [2.24, 2.45) is 5.92 Å². The van der Waals surface area contributed by atoms with E-state index < -0.39 is 11.9 Å². The minimum Gasteiger partial charge on any atom is -0.459 e. The third-order valence-corrected chi connectivity index (χ3v) is 5.40. The number of nitrogens with one attached hydrogen (secondary N) is 2. The second kappa shape index (κ2) is 10.4. The highest BCUT2D eigenvalue weighted by Crippen LogP contribution is 2.22. The number of amides is 2. The predicted octanol–water partition coefficient (Wildman–Crippen LogP) is 2.53. The molecule has 2 amide bonds. The van der Waals surface area contributed by atoms with Crippen molar-refractivity contribution in [2.45, 2.75) is 32.9 Å². The van der Waals surface area contributed by atoms with Crippen molar-refractivity contribution in [1.82, 2.24) is 15.5 Å². The summed E-state index contributed by atoms with van der Waals surface area (Å²) >= 11 is 0. The van der Waals surface area contributed by atoms with Gasteiger partial charge >= 0.3 is 0 Å². The summed E-state index contributed by atoms with van der Waals surface area (Å²) in [5.41, 5.74) is 2.35. The van der Waals surface area contributed by atoms with Gasteiger partial charge in [0, 0.05) is 19.6 Å². The monoisotopic (exact) mass is 413 g/mol. The molecule has 0 bridgehead atoms. The summed E-state index contributed by atoms with van der Waals surface area (Å²) in [6, 6.07) is 11.0. The van der Waals surface area contributed by atoms with E-state index >= 15 is 0 Å². The maximum Gasteiger partial charge on any atom is 0.287 e. The molecule has 2 atom stereocenters. The second-order valence-corrected chi connectivity index (χ2v) is 7.99. The zero-order valence-electron chi connectivity index (χ0n) is 17.9. The van der Waals surface area contributed by atoms with Crippen molar-refractivity contribution >= 4 is 11.8 Å². The van der Waals surface area contributed by atoms with Crippen molar-refractivity contribution in [1.29, 1.82) is 0 Å². The van der Waals surface area contributed by atoms with Gasteiger partial charge in [-0.1, -0.05) is 43.7 Å². The summed E-state index contributed by atoms with van der Waals surface area (Å²) < 4.78 is 10.6. The highest BCUT2D eigenvalue weighted by atomic mass is 16.5.